The first-order valence-electron chi connectivity index (χ1n) is 7.56. The van der Waals surface area contributed by atoms with E-state index in [0.29, 0.717) is 5.56 Å². The SMILES string of the molecule is O=C1CC(N(C(=O)Cc2ccc(C(F)(F)F)cc2)C2CC2)C(=O)N1. The second-order valence-electron chi connectivity index (χ2n) is 6.04. The maximum Gasteiger partial charge on any atom is 0.416 e. The number of rotatable bonds is 4. The van der Waals surface area contributed by atoms with Gasteiger partial charge in [-0.1, -0.05) is 12.1 Å². The Kier molecular flexibility index (Phi) is 4.06. The van der Waals surface area contributed by atoms with E-state index in [4.69, 9.17) is 0 Å². The average molecular weight is 340 g/mol. The predicted octanol–water partition coefficient (Wildman–Crippen LogP) is 1.65. The lowest BCUT2D eigenvalue weighted by Crippen LogP contribution is -2.46. The lowest BCUT2D eigenvalue weighted by Gasteiger charge is -2.26. The van der Waals surface area contributed by atoms with Gasteiger partial charge in [-0.3, -0.25) is 19.7 Å². The molecule has 1 N–H and O–H groups in total. The monoisotopic (exact) mass is 340 g/mol. The molecule has 1 aliphatic heterocycles. The molecule has 1 atom stereocenters. The van der Waals surface area contributed by atoms with Crippen molar-refractivity contribution in [1.82, 2.24) is 10.2 Å². The van der Waals surface area contributed by atoms with E-state index < -0.39 is 29.6 Å². The zero-order valence-corrected chi connectivity index (χ0v) is 12.6. The molecule has 5 nitrogen and oxygen atoms in total. The number of imide groups is 1. The van der Waals surface area contributed by atoms with Gasteiger partial charge in [0.2, 0.25) is 17.7 Å². The molecule has 128 valence electrons. The molecule has 1 saturated carbocycles. The van der Waals surface area contributed by atoms with E-state index in [2.05, 4.69) is 5.32 Å². The van der Waals surface area contributed by atoms with Crippen LogP contribution in [0, 0.1) is 0 Å². The minimum absolute atomic E-state index is 0.0614. The molecule has 1 aromatic carbocycles. The van der Waals surface area contributed by atoms with E-state index in [1.54, 1.807) is 0 Å². The Morgan fingerprint density at radius 2 is 1.79 bits per heavy atom. The number of carbonyl (C=O) groups excluding carboxylic acids is 3. The van der Waals surface area contributed by atoms with Crippen LogP contribution in [0.5, 0.6) is 0 Å². The maximum absolute atomic E-state index is 12.6. The summed E-state index contributed by atoms with van der Waals surface area (Å²) in [6.07, 6.45) is -3.07. The van der Waals surface area contributed by atoms with E-state index in [-0.39, 0.29) is 24.8 Å². The van der Waals surface area contributed by atoms with Gasteiger partial charge in [0, 0.05) is 6.04 Å². The largest absolute Gasteiger partial charge is 0.416 e. The summed E-state index contributed by atoms with van der Waals surface area (Å²) in [5.74, 6) is -1.27. The van der Waals surface area contributed by atoms with Crippen LogP contribution >= 0.6 is 0 Å². The highest BCUT2D eigenvalue weighted by Gasteiger charge is 2.44. The standard InChI is InChI=1S/C16H15F3N2O3/c17-16(18,19)10-3-1-9(2-4-10)7-14(23)21(11-5-6-11)12-8-13(22)20-15(12)24/h1-4,11-12H,5-8H2,(H,20,22,24). The number of alkyl halides is 3. The summed E-state index contributed by atoms with van der Waals surface area (Å²) < 4.78 is 37.7. The van der Waals surface area contributed by atoms with E-state index in [1.807, 2.05) is 0 Å². The van der Waals surface area contributed by atoms with Gasteiger partial charge in [-0.05, 0) is 30.5 Å². The molecular weight excluding hydrogens is 325 g/mol. The van der Waals surface area contributed by atoms with Crippen LogP contribution < -0.4 is 5.32 Å². The van der Waals surface area contributed by atoms with E-state index >= 15 is 0 Å². The number of nitrogens with zero attached hydrogens (tertiary/aromatic N) is 1. The average Bonchev–Trinajstić information content (AvgIpc) is 3.25. The summed E-state index contributed by atoms with van der Waals surface area (Å²) in [6, 6.07) is 3.48. The molecule has 0 aromatic heterocycles. The first kappa shape index (κ1) is 16.5. The zero-order chi connectivity index (χ0) is 17.5. The number of amides is 3. The van der Waals surface area contributed by atoms with Gasteiger partial charge in [0.1, 0.15) is 6.04 Å². The molecule has 8 heteroatoms. The fourth-order valence-electron chi connectivity index (χ4n) is 2.83. The van der Waals surface area contributed by atoms with E-state index in [9.17, 15) is 27.6 Å². The number of benzene rings is 1. The first-order chi connectivity index (χ1) is 11.3. The summed E-state index contributed by atoms with van der Waals surface area (Å²) in [5, 5.41) is 2.18. The van der Waals surface area contributed by atoms with Crippen molar-refractivity contribution >= 4 is 17.7 Å². The number of nitrogens with one attached hydrogen (secondary N) is 1. The fraction of sp³-hybridized carbons (Fsp3) is 0.438. The molecule has 0 bridgehead atoms. The molecule has 1 aromatic rings. The molecule has 1 saturated heterocycles. The Morgan fingerprint density at radius 3 is 2.25 bits per heavy atom. The second kappa shape index (κ2) is 5.92. The molecule has 1 heterocycles. The Labute approximate surface area is 135 Å². The molecule has 2 fully saturated rings. The van der Waals surface area contributed by atoms with Crippen LogP contribution in [0.2, 0.25) is 0 Å². The highest BCUT2D eigenvalue weighted by molar-refractivity contribution is 6.07. The molecule has 24 heavy (non-hydrogen) atoms. The normalized spacial score (nSPS) is 20.9. The molecule has 3 amide bonds. The summed E-state index contributed by atoms with van der Waals surface area (Å²) >= 11 is 0. The molecule has 2 aliphatic rings. The Bertz CT molecular complexity index is 681. The van der Waals surface area contributed by atoms with Gasteiger partial charge in [-0.25, -0.2) is 0 Å². The molecule has 1 aliphatic carbocycles. The fourth-order valence-corrected chi connectivity index (χ4v) is 2.83. The summed E-state index contributed by atoms with van der Waals surface area (Å²) in [7, 11) is 0. The van der Waals surface area contributed by atoms with Crippen molar-refractivity contribution in [2.24, 2.45) is 0 Å². The van der Waals surface area contributed by atoms with Crippen molar-refractivity contribution in [1.29, 1.82) is 0 Å². The first-order valence-corrected chi connectivity index (χ1v) is 7.56. The number of hydrogen-bond donors (Lipinski definition) is 1. The number of hydrogen-bond acceptors (Lipinski definition) is 3. The molecule has 0 radical (unpaired) electrons. The van der Waals surface area contributed by atoms with Crippen LogP contribution in [0.25, 0.3) is 0 Å². The van der Waals surface area contributed by atoms with E-state index in [0.717, 1.165) is 25.0 Å². The topological polar surface area (TPSA) is 66.5 Å². The lowest BCUT2D eigenvalue weighted by atomic mass is 10.1. The van der Waals surface area contributed by atoms with Gasteiger partial charge in [0.05, 0.1) is 18.4 Å². The van der Waals surface area contributed by atoms with Crippen molar-refractivity contribution in [2.75, 3.05) is 0 Å². The van der Waals surface area contributed by atoms with Crippen molar-refractivity contribution in [3.8, 4) is 0 Å². The van der Waals surface area contributed by atoms with Crippen molar-refractivity contribution < 1.29 is 27.6 Å². The minimum atomic E-state index is -4.43. The van der Waals surface area contributed by atoms with Crippen LogP contribution in [0.4, 0.5) is 13.2 Å². The van der Waals surface area contributed by atoms with Gasteiger partial charge < -0.3 is 4.90 Å². The molecular formula is C16H15F3N2O3. The van der Waals surface area contributed by atoms with Crippen LogP contribution in [0.1, 0.15) is 30.4 Å². The van der Waals surface area contributed by atoms with Gasteiger partial charge in [0.25, 0.3) is 0 Å². The van der Waals surface area contributed by atoms with Crippen molar-refractivity contribution in [3.05, 3.63) is 35.4 Å². The van der Waals surface area contributed by atoms with Gasteiger partial charge >= 0.3 is 6.18 Å². The quantitative estimate of drug-likeness (QED) is 0.848. The van der Waals surface area contributed by atoms with Gasteiger partial charge in [-0.15, -0.1) is 0 Å². The predicted molar refractivity (Wildman–Crippen MR) is 76.6 cm³/mol. The van der Waals surface area contributed by atoms with Gasteiger partial charge in [-0.2, -0.15) is 13.2 Å². The Hall–Kier alpha value is -2.38. The van der Waals surface area contributed by atoms with Crippen LogP contribution in [-0.4, -0.2) is 34.7 Å². The molecule has 1 unspecified atom stereocenters. The Balaban J connectivity index is 1.72. The highest BCUT2D eigenvalue weighted by Crippen LogP contribution is 2.32. The zero-order valence-electron chi connectivity index (χ0n) is 12.6. The van der Waals surface area contributed by atoms with E-state index in [1.165, 1.54) is 17.0 Å². The summed E-state index contributed by atoms with van der Waals surface area (Å²) in [4.78, 5) is 37.1. The minimum Gasteiger partial charge on any atom is -0.327 e. The van der Waals surface area contributed by atoms with Crippen LogP contribution in [-0.2, 0) is 27.0 Å². The van der Waals surface area contributed by atoms with Crippen LogP contribution in [0.3, 0.4) is 0 Å². The number of halogens is 3. The van der Waals surface area contributed by atoms with Crippen LogP contribution in [0.15, 0.2) is 24.3 Å². The summed E-state index contributed by atoms with van der Waals surface area (Å²) in [5.41, 5.74) is -0.345. The number of carbonyl (C=O) groups is 3. The third-order valence-electron chi connectivity index (χ3n) is 4.14. The molecule has 3 rings (SSSR count). The summed E-state index contributed by atoms with van der Waals surface area (Å²) in [6.45, 7) is 0. The highest BCUT2D eigenvalue weighted by atomic mass is 19.4. The Morgan fingerprint density at radius 1 is 1.17 bits per heavy atom. The third-order valence-corrected chi connectivity index (χ3v) is 4.14. The van der Waals surface area contributed by atoms with Gasteiger partial charge in [0.15, 0.2) is 0 Å². The van der Waals surface area contributed by atoms with Crippen molar-refractivity contribution in [2.45, 2.75) is 43.9 Å². The maximum atomic E-state index is 12.6. The molecule has 0 spiro atoms. The second-order valence-corrected chi connectivity index (χ2v) is 6.04. The third kappa shape index (κ3) is 3.42. The smallest absolute Gasteiger partial charge is 0.327 e. The lowest BCUT2D eigenvalue weighted by molar-refractivity contribution is -0.139. The van der Waals surface area contributed by atoms with Crippen molar-refractivity contribution in [3.63, 3.8) is 0 Å².